The van der Waals surface area contributed by atoms with Crippen molar-refractivity contribution in [2.45, 2.75) is 32.5 Å². The largest absolute Gasteiger partial charge is 0.322 e. The number of benzene rings is 1. The molecule has 0 aliphatic rings. The minimum atomic E-state index is -0.153. The lowest BCUT2D eigenvalue weighted by molar-refractivity contribution is -0.113. The Morgan fingerprint density at radius 2 is 2.00 bits per heavy atom. The third-order valence-corrected chi connectivity index (χ3v) is 5.23. The molecule has 0 aliphatic carbocycles. The summed E-state index contributed by atoms with van der Waals surface area (Å²) in [4.78, 5) is 29.5. The fourth-order valence-corrected chi connectivity index (χ4v) is 3.66. The first-order valence-corrected chi connectivity index (χ1v) is 9.33. The number of anilines is 1. The van der Waals surface area contributed by atoms with Crippen LogP contribution in [0.1, 0.15) is 18.3 Å². The molecule has 26 heavy (non-hydrogen) atoms. The predicted octanol–water partition coefficient (Wildman–Crippen LogP) is 2.50. The highest BCUT2D eigenvalue weighted by Gasteiger charge is 2.15. The summed E-state index contributed by atoms with van der Waals surface area (Å²) in [5, 5.41) is 8.33. The van der Waals surface area contributed by atoms with Gasteiger partial charge >= 0.3 is 0 Å². The Morgan fingerprint density at radius 3 is 2.65 bits per heavy atom. The molecule has 3 aromatic rings. The van der Waals surface area contributed by atoms with E-state index in [1.54, 1.807) is 15.3 Å². The smallest absolute Gasteiger partial charge is 0.262 e. The van der Waals surface area contributed by atoms with Crippen molar-refractivity contribution in [1.82, 2.24) is 19.3 Å². The molecule has 136 valence electrons. The maximum atomic E-state index is 12.6. The molecule has 0 saturated heterocycles. The summed E-state index contributed by atoms with van der Waals surface area (Å²) in [6.07, 6.45) is 0. The summed E-state index contributed by atoms with van der Waals surface area (Å²) in [6, 6.07) is 7.25. The molecule has 0 atom stereocenters. The molecule has 3 rings (SSSR count). The van der Waals surface area contributed by atoms with Crippen molar-refractivity contribution in [2.75, 3.05) is 11.1 Å². The molecule has 0 radical (unpaired) electrons. The molecule has 2 aromatic heterocycles. The lowest BCUT2D eigenvalue weighted by Gasteiger charge is -2.11. The zero-order chi connectivity index (χ0) is 18.8. The second kappa shape index (κ2) is 7.33. The zero-order valence-corrected chi connectivity index (χ0v) is 16.1. The van der Waals surface area contributed by atoms with E-state index in [2.05, 4.69) is 15.4 Å². The van der Waals surface area contributed by atoms with E-state index >= 15 is 0 Å². The van der Waals surface area contributed by atoms with Gasteiger partial charge in [0, 0.05) is 13.6 Å². The van der Waals surface area contributed by atoms with Crippen LogP contribution in [0, 0.1) is 13.8 Å². The first kappa shape index (κ1) is 18.2. The summed E-state index contributed by atoms with van der Waals surface area (Å²) in [5.41, 5.74) is 2.97. The molecule has 0 aliphatic heterocycles. The quantitative estimate of drug-likeness (QED) is 0.550. The van der Waals surface area contributed by atoms with Gasteiger partial charge < -0.3 is 5.32 Å². The Labute approximate surface area is 155 Å². The second-order valence-electron chi connectivity index (χ2n) is 5.97. The van der Waals surface area contributed by atoms with E-state index in [9.17, 15) is 9.59 Å². The van der Waals surface area contributed by atoms with Gasteiger partial charge in [-0.3, -0.25) is 18.8 Å². The van der Waals surface area contributed by atoms with Crippen LogP contribution in [0.4, 0.5) is 5.69 Å². The number of carbonyl (C=O) groups excluding carboxylic acids is 1. The molecule has 1 aromatic carbocycles. The monoisotopic (exact) mass is 371 g/mol. The third-order valence-electron chi connectivity index (χ3n) is 4.25. The van der Waals surface area contributed by atoms with E-state index in [1.807, 2.05) is 46.0 Å². The van der Waals surface area contributed by atoms with Gasteiger partial charge in [-0.2, -0.15) is 5.10 Å². The molecule has 8 heteroatoms. The molecular formula is C18H21N5O2S. The highest BCUT2D eigenvalue weighted by molar-refractivity contribution is 7.99. The molecule has 1 amide bonds. The summed E-state index contributed by atoms with van der Waals surface area (Å²) >= 11 is 1.26. The SMILES string of the molecule is CCn1c(SCC(=O)Nc2c(C)nn(C)c2C)nc2ccccc2c1=O. The van der Waals surface area contributed by atoms with Gasteiger partial charge in [0.15, 0.2) is 5.16 Å². The fraction of sp³-hybridized carbons (Fsp3) is 0.333. The maximum Gasteiger partial charge on any atom is 0.262 e. The van der Waals surface area contributed by atoms with Crippen LogP contribution in [-0.4, -0.2) is 31.0 Å². The van der Waals surface area contributed by atoms with Gasteiger partial charge in [0.25, 0.3) is 5.56 Å². The molecule has 0 spiro atoms. The van der Waals surface area contributed by atoms with Crippen LogP contribution >= 0.6 is 11.8 Å². The zero-order valence-electron chi connectivity index (χ0n) is 15.2. The van der Waals surface area contributed by atoms with Gasteiger partial charge in [-0.25, -0.2) is 4.98 Å². The van der Waals surface area contributed by atoms with Crippen LogP contribution in [0.3, 0.4) is 0 Å². The molecule has 7 nitrogen and oxygen atoms in total. The predicted molar refractivity (Wildman–Crippen MR) is 104 cm³/mol. The number of hydrogen-bond acceptors (Lipinski definition) is 5. The Balaban J connectivity index is 1.81. The van der Waals surface area contributed by atoms with Crippen LogP contribution in [-0.2, 0) is 18.4 Å². The van der Waals surface area contributed by atoms with E-state index in [4.69, 9.17) is 0 Å². The van der Waals surface area contributed by atoms with Crippen LogP contribution in [0.2, 0.25) is 0 Å². The standard InChI is InChI=1S/C18H21N5O2S/c1-5-23-17(25)13-8-6-7-9-14(13)19-18(23)26-10-15(24)20-16-11(2)21-22(4)12(16)3/h6-9H,5,10H2,1-4H3,(H,20,24). The number of amides is 1. The van der Waals surface area contributed by atoms with Crippen molar-refractivity contribution < 1.29 is 4.79 Å². The molecule has 0 fully saturated rings. The van der Waals surface area contributed by atoms with Crippen LogP contribution in [0.5, 0.6) is 0 Å². The third kappa shape index (κ3) is 3.37. The number of aryl methyl sites for hydroxylation is 2. The molecule has 0 saturated carbocycles. The minimum Gasteiger partial charge on any atom is -0.322 e. The molecular weight excluding hydrogens is 350 g/mol. The minimum absolute atomic E-state index is 0.0834. The van der Waals surface area contributed by atoms with Crippen molar-refractivity contribution in [3.05, 3.63) is 46.0 Å². The van der Waals surface area contributed by atoms with Gasteiger partial charge in [0.1, 0.15) is 0 Å². The number of rotatable bonds is 5. The van der Waals surface area contributed by atoms with Crippen molar-refractivity contribution >= 4 is 34.3 Å². The van der Waals surface area contributed by atoms with Crippen molar-refractivity contribution in [1.29, 1.82) is 0 Å². The normalized spacial score (nSPS) is 11.1. The van der Waals surface area contributed by atoms with Crippen LogP contribution < -0.4 is 10.9 Å². The fourth-order valence-electron chi connectivity index (χ4n) is 2.80. The number of aromatic nitrogens is 4. The van der Waals surface area contributed by atoms with Gasteiger partial charge in [0.2, 0.25) is 5.91 Å². The number of para-hydroxylation sites is 1. The van der Waals surface area contributed by atoms with Crippen LogP contribution in [0.15, 0.2) is 34.2 Å². The van der Waals surface area contributed by atoms with Gasteiger partial charge in [0.05, 0.1) is 33.7 Å². The molecule has 0 bridgehead atoms. The van der Waals surface area contributed by atoms with E-state index in [0.717, 1.165) is 17.1 Å². The van der Waals surface area contributed by atoms with Gasteiger partial charge in [-0.1, -0.05) is 23.9 Å². The van der Waals surface area contributed by atoms with E-state index in [1.165, 1.54) is 11.8 Å². The van der Waals surface area contributed by atoms with Crippen molar-refractivity contribution in [3.63, 3.8) is 0 Å². The van der Waals surface area contributed by atoms with Gasteiger partial charge in [-0.15, -0.1) is 0 Å². The molecule has 2 heterocycles. The topological polar surface area (TPSA) is 81.8 Å². The number of carbonyl (C=O) groups is 1. The number of thioether (sulfide) groups is 1. The Kier molecular flexibility index (Phi) is 5.13. The Bertz CT molecular complexity index is 1040. The second-order valence-corrected chi connectivity index (χ2v) is 6.91. The number of hydrogen-bond donors (Lipinski definition) is 1. The maximum absolute atomic E-state index is 12.6. The Morgan fingerprint density at radius 1 is 1.27 bits per heavy atom. The first-order valence-electron chi connectivity index (χ1n) is 8.34. The highest BCUT2D eigenvalue weighted by Crippen LogP contribution is 2.21. The lowest BCUT2D eigenvalue weighted by Crippen LogP contribution is -2.23. The lowest BCUT2D eigenvalue weighted by atomic mass is 10.2. The van der Waals surface area contributed by atoms with Crippen molar-refractivity contribution in [3.8, 4) is 0 Å². The average molecular weight is 371 g/mol. The Hall–Kier alpha value is -2.61. The van der Waals surface area contributed by atoms with Gasteiger partial charge in [-0.05, 0) is 32.9 Å². The van der Waals surface area contributed by atoms with E-state index < -0.39 is 0 Å². The summed E-state index contributed by atoms with van der Waals surface area (Å²) in [5.74, 6) is 0.0118. The number of nitrogens with one attached hydrogen (secondary N) is 1. The molecule has 1 N–H and O–H groups in total. The summed E-state index contributed by atoms with van der Waals surface area (Å²) in [6.45, 7) is 6.16. The number of fused-ring (bicyclic) bond motifs is 1. The average Bonchev–Trinajstić information content (AvgIpc) is 2.86. The van der Waals surface area contributed by atoms with E-state index in [-0.39, 0.29) is 17.2 Å². The molecule has 0 unspecified atom stereocenters. The van der Waals surface area contributed by atoms with E-state index in [0.29, 0.717) is 22.6 Å². The first-order chi connectivity index (χ1) is 12.4. The summed E-state index contributed by atoms with van der Waals surface area (Å²) < 4.78 is 3.33. The van der Waals surface area contributed by atoms with Crippen LogP contribution in [0.25, 0.3) is 10.9 Å². The number of nitrogens with zero attached hydrogens (tertiary/aromatic N) is 4. The highest BCUT2D eigenvalue weighted by atomic mass is 32.2. The van der Waals surface area contributed by atoms with Crippen molar-refractivity contribution in [2.24, 2.45) is 7.05 Å². The summed E-state index contributed by atoms with van der Waals surface area (Å²) in [7, 11) is 1.84.